The van der Waals surface area contributed by atoms with Gasteiger partial charge in [-0.2, -0.15) is 0 Å². The fraction of sp³-hybridized carbons (Fsp3) is 0.214. The quantitative estimate of drug-likeness (QED) is 0.760. The van der Waals surface area contributed by atoms with Crippen molar-refractivity contribution < 1.29 is 13.6 Å². The van der Waals surface area contributed by atoms with Crippen molar-refractivity contribution in [3.63, 3.8) is 0 Å². The molecule has 0 aliphatic rings. The number of aldehydes is 1. The first-order chi connectivity index (χ1) is 8.74. The molecule has 0 unspecified atom stereocenters. The normalized spacial score (nSPS) is 10.3. The van der Waals surface area contributed by atoms with Crippen LogP contribution in [0.2, 0.25) is 0 Å². The number of hydrogen-bond acceptors (Lipinski definition) is 3. The summed E-state index contributed by atoms with van der Waals surface area (Å²) >= 11 is 0. The summed E-state index contributed by atoms with van der Waals surface area (Å²) in [6.07, 6.45) is 2.28. The Hall–Kier alpha value is -2.10. The first-order valence-electron chi connectivity index (χ1n) is 5.76. The highest BCUT2D eigenvalue weighted by molar-refractivity contribution is 5.84. The fourth-order valence-electron chi connectivity index (χ4n) is 1.87. The summed E-state index contributed by atoms with van der Waals surface area (Å²) in [7, 11) is 0. The molecular weight excluding hydrogens is 233 g/mol. The van der Waals surface area contributed by atoms with E-state index in [4.69, 9.17) is 4.42 Å². The van der Waals surface area contributed by atoms with Gasteiger partial charge in [0.15, 0.2) is 6.29 Å². The molecule has 94 valence electrons. The largest absolute Gasteiger partial charge is 0.467 e. The van der Waals surface area contributed by atoms with E-state index in [2.05, 4.69) is 0 Å². The molecule has 1 aromatic carbocycles. The van der Waals surface area contributed by atoms with Crippen molar-refractivity contribution in [1.82, 2.24) is 0 Å². The number of nitrogens with zero attached hydrogens (tertiary/aromatic N) is 1. The Morgan fingerprint density at radius 2 is 2.22 bits per heavy atom. The number of benzene rings is 1. The summed E-state index contributed by atoms with van der Waals surface area (Å²) in [5.41, 5.74) is 1.06. The minimum Gasteiger partial charge on any atom is -0.467 e. The molecule has 1 aromatic heterocycles. The van der Waals surface area contributed by atoms with Gasteiger partial charge in [0.1, 0.15) is 11.6 Å². The van der Waals surface area contributed by atoms with Crippen LogP contribution in [0.1, 0.15) is 23.0 Å². The maximum Gasteiger partial charge on any atom is 0.152 e. The highest BCUT2D eigenvalue weighted by Crippen LogP contribution is 2.22. The van der Waals surface area contributed by atoms with E-state index in [1.54, 1.807) is 12.3 Å². The maximum absolute atomic E-state index is 13.1. The number of carbonyl (C=O) groups is 1. The Kier molecular flexibility index (Phi) is 3.77. The Balaban J connectivity index is 2.29. The molecule has 18 heavy (non-hydrogen) atoms. The number of hydrogen-bond donors (Lipinski definition) is 0. The van der Waals surface area contributed by atoms with Gasteiger partial charge >= 0.3 is 0 Å². The van der Waals surface area contributed by atoms with Gasteiger partial charge < -0.3 is 9.32 Å². The second kappa shape index (κ2) is 5.49. The Morgan fingerprint density at radius 3 is 2.83 bits per heavy atom. The molecular formula is C14H14FNO2. The average molecular weight is 247 g/mol. The lowest BCUT2D eigenvalue weighted by molar-refractivity contribution is 0.112. The minimum atomic E-state index is -0.407. The molecule has 3 nitrogen and oxygen atoms in total. The van der Waals surface area contributed by atoms with Crippen LogP contribution in [0.3, 0.4) is 0 Å². The van der Waals surface area contributed by atoms with Gasteiger partial charge in [-0.25, -0.2) is 4.39 Å². The highest BCUT2D eigenvalue weighted by atomic mass is 19.1. The van der Waals surface area contributed by atoms with Crippen molar-refractivity contribution in [3.05, 3.63) is 53.7 Å². The van der Waals surface area contributed by atoms with Gasteiger partial charge in [0.25, 0.3) is 0 Å². The molecule has 0 saturated heterocycles. The Labute approximate surface area is 105 Å². The Bertz CT molecular complexity index is 523. The van der Waals surface area contributed by atoms with E-state index in [9.17, 15) is 9.18 Å². The SMILES string of the molecule is CCN(Cc1ccco1)c1ccc(F)cc1C=O. The highest BCUT2D eigenvalue weighted by Gasteiger charge is 2.12. The van der Waals surface area contributed by atoms with E-state index in [0.29, 0.717) is 30.6 Å². The zero-order chi connectivity index (χ0) is 13.0. The van der Waals surface area contributed by atoms with E-state index in [1.165, 1.54) is 12.1 Å². The molecule has 0 amide bonds. The zero-order valence-corrected chi connectivity index (χ0v) is 10.1. The van der Waals surface area contributed by atoms with E-state index in [1.807, 2.05) is 24.0 Å². The van der Waals surface area contributed by atoms with Gasteiger partial charge in [0, 0.05) is 17.8 Å². The van der Waals surface area contributed by atoms with Crippen molar-refractivity contribution >= 4 is 12.0 Å². The summed E-state index contributed by atoms with van der Waals surface area (Å²) in [5.74, 6) is 0.396. The summed E-state index contributed by atoms with van der Waals surface area (Å²) < 4.78 is 18.4. The molecule has 0 aliphatic carbocycles. The molecule has 0 N–H and O–H groups in total. The van der Waals surface area contributed by atoms with Crippen LogP contribution in [0, 0.1) is 5.82 Å². The summed E-state index contributed by atoms with van der Waals surface area (Å²) in [6.45, 7) is 3.23. The molecule has 0 bridgehead atoms. The molecule has 0 aliphatic heterocycles. The lowest BCUT2D eigenvalue weighted by Crippen LogP contribution is -2.23. The molecule has 2 aromatic rings. The number of furan rings is 1. The number of halogens is 1. The smallest absolute Gasteiger partial charge is 0.152 e. The predicted molar refractivity (Wildman–Crippen MR) is 67.2 cm³/mol. The second-order valence-electron chi connectivity index (χ2n) is 3.91. The van der Waals surface area contributed by atoms with Crippen LogP contribution in [0.15, 0.2) is 41.0 Å². The van der Waals surface area contributed by atoms with Crippen molar-refractivity contribution in [2.75, 3.05) is 11.4 Å². The van der Waals surface area contributed by atoms with Gasteiger partial charge in [-0.05, 0) is 37.3 Å². The topological polar surface area (TPSA) is 33.5 Å². The van der Waals surface area contributed by atoms with Crippen LogP contribution in [0.4, 0.5) is 10.1 Å². The van der Waals surface area contributed by atoms with Crippen LogP contribution in [0.25, 0.3) is 0 Å². The maximum atomic E-state index is 13.1. The van der Waals surface area contributed by atoms with Gasteiger partial charge in [0.2, 0.25) is 0 Å². The van der Waals surface area contributed by atoms with Crippen molar-refractivity contribution in [2.45, 2.75) is 13.5 Å². The molecule has 2 rings (SSSR count). The van der Waals surface area contributed by atoms with Crippen LogP contribution < -0.4 is 4.90 Å². The molecule has 0 atom stereocenters. The van der Waals surface area contributed by atoms with Crippen LogP contribution >= 0.6 is 0 Å². The van der Waals surface area contributed by atoms with Crippen molar-refractivity contribution in [3.8, 4) is 0 Å². The van der Waals surface area contributed by atoms with E-state index < -0.39 is 5.82 Å². The van der Waals surface area contributed by atoms with Gasteiger partial charge in [-0.3, -0.25) is 4.79 Å². The summed E-state index contributed by atoms with van der Waals surface area (Å²) in [5, 5.41) is 0. The number of anilines is 1. The number of rotatable bonds is 5. The monoisotopic (exact) mass is 247 g/mol. The first kappa shape index (κ1) is 12.4. The Morgan fingerprint density at radius 1 is 1.39 bits per heavy atom. The minimum absolute atomic E-state index is 0.350. The lowest BCUT2D eigenvalue weighted by atomic mass is 10.1. The third kappa shape index (κ3) is 2.59. The molecule has 0 spiro atoms. The molecule has 0 radical (unpaired) electrons. The molecule has 0 saturated carbocycles. The van der Waals surface area contributed by atoms with Gasteiger partial charge in [0.05, 0.1) is 12.8 Å². The molecule has 4 heteroatoms. The van der Waals surface area contributed by atoms with E-state index in [-0.39, 0.29) is 0 Å². The third-order valence-electron chi connectivity index (χ3n) is 2.77. The van der Waals surface area contributed by atoms with Crippen LogP contribution in [0.5, 0.6) is 0 Å². The lowest BCUT2D eigenvalue weighted by Gasteiger charge is -2.23. The van der Waals surface area contributed by atoms with Crippen LogP contribution in [-0.2, 0) is 6.54 Å². The average Bonchev–Trinajstić information content (AvgIpc) is 2.89. The van der Waals surface area contributed by atoms with E-state index in [0.717, 1.165) is 5.76 Å². The first-order valence-corrected chi connectivity index (χ1v) is 5.76. The molecule has 1 heterocycles. The van der Waals surface area contributed by atoms with Crippen molar-refractivity contribution in [1.29, 1.82) is 0 Å². The second-order valence-corrected chi connectivity index (χ2v) is 3.91. The fourth-order valence-corrected chi connectivity index (χ4v) is 1.87. The van der Waals surface area contributed by atoms with E-state index >= 15 is 0 Å². The summed E-state index contributed by atoms with van der Waals surface area (Å²) in [6, 6.07) is 7.90. The van der Waals surface area contributed by atoms with Gasteiger partial charge in [-0.1, -0.05) is 0 Å². The van der Waals surface area contributed by atoms with Gasteiger partial charge in [-0.15, -0.1) is 0 Å². The summed E-state index contributed by atoms with van der Waals surface area (Å²) in [4.78, 5) is 12.9. The predicted octanol–water partition coefficient (Wildman–Crippen LogP) is 3.26. The zero-order valence-electron chi connectivity index (χ0n) is 10.1. The van der Waals surface area contributed by atoms with Crippen molar-refractivity contribution in [2.24, 2.45) is 0 Å². The molecule has 0 fully saturated rings. The number of carbonyl (C=O) groups excluding carboxylic acids is 1. The third-order valence-corrected chi connectivity index (χ3v) is 2.77. The van der Waals surface area contributed by atoms with Crippen LogP contribution in [-0.4, -0.2) is 12.8 Å². The standard InChI is InChI=1S/C14H14FNO2/c1-2-16(9-13-4-3-7-18-13)14-6-5-12(15)8-11(14)10-17/h3-8,10H,2,9H2,1H3.